The number of hydrogen-bond donors (Lipinski definition) is 1. The minimum atomic E-state index is -0.617. The number of carbonyl (C=O) groups is 4. The van der Waals surface area contributed by atoms with Crippen LogP contribution in [0.2, 0.25) is 0 Å². The molecule has 1 N–H and O–H groups in total. The first-order valence-electron chi connectivity index (χ1n) is 10.5. The van der Waals surface area contributed by atoms with Gasteiger partial charge in [-0.3, -0.25) is 9.59 Å². The van der Waals surface area contributed by atoms with Crippen molar-refractivity contribution < 1.29 is 28.8 Å². The number of amides is 3. The van der Waals surface area contributed by atoms with E-state index in [1.807, 2.05) is 20.8 Å². The van der Waals surface area contributed by atoms with Crippen LogP contribution in [0.15, 0.2) is 24.3 Å². The first kappa shape index (κ1) is 22.7. The van der Waals surface area contributed by atoms with E-state index < -0.39 is 29.5 Å². The number of benzene rings is 1. The number of alkyl carbamates (subject to hydrolysis) is 1. The number of rotatable bonds is 6. The standard InChI is InChI=1S/C22H29N3O6/c1-22(2,3)30-21(29)23-15-10-13-24(14-11-15)12-6-9-18(26)31-25-19(27)16-7-4-5-8-17(16)20(25)28/h4-5,7-8,15H,6,9-14H2,1-3H3,(H,23,29). The largest absolute Gasteiger partial charge is 0.444 e. The number of fused-ring (bicyclic) bond motifs is 1. The van der Waals surface area contributed by atoms with Gasteiger partial charge in [0.05, 0.1) is 11.1 Å². The summed E-state index contributed by atoms with van der Waals surface area (Å²) >= 11 is 0. The topological polar surface area (TPSA) is 105 Å². The van der Waals surface area contributed by atoms with Gasteiger partial charge >= 0.3 is 12.1 Å². The van der Waals surface area contributed by atoms with E-state index in [0.717, 1.165) is 25.9 Å². The summed E-state index contributed by atoms with van der Waals surface area (Å²) in [5.74, 6) is -1.85. The van der Waals surface area contributed by atoms with E-state index in [1.165, 1.54) is 12.1 Å². The van der Waals surface area contributed by atoms with Crippen LogP contribution in [0.5, 0.6) is 0 Å². The van der Waals surface area contributed by atoms with Crippen LogP contribution in [0.25, 0.3) is 0 Å². The van der Waals surface area contributed by atoms with Crippen LogP contribution in [0.1, 0.15) is 67.2 Å². The lowest BCUT2D eigenvalue weighted by Crippen LogP contribution is -2.46. The number of likely N-dealkylation sites (tertiary alicyclic amines) is 1. The molecule has 1 aromatic rings. The van der Waals surface area contributed by atoms with Crippen molar-refractivity contribution in [3.8, 4) is 0 Å². The Morgan fingerprint density at radius 1 is 1.06 bits per heavy atom. The third-order valence-electron chi connectivity index (χ3n) is 5.11. The molecule has 0 saturated carbocycles. The van der Waals surface area contributed by atoms with Gasteiger partial charge in [-0.15, -0.1) is 0 Å². The molecular formula is C22H29N3O6. The summed E-state index contributed by atoms with van der Waals surface area (Å²) in [5, 5.41) is 3.44. The maximum Gasteiger partial charge on any atom is 0.407 e. The monoisotopic (exact) mass is 431 g/mol. The van der Waals surface area contributed by atoms with Gasteiger partial charge in [-0.25, -0.2) is 9.59 Å². The molecule has 9 nitrogen and oxygen atoms in total. The number of ether oxygens (including phenoxy) is 1. The molecule has 9 heteroatoms. The summed E-state index contributed by atoms with van der Waals surface area (Å²) in [6.07, 6.45) is 1.86. The SMILES string of the molecule is CC(C)(C)OC(=O)NC1CCN(CCCC(=O)ON2C(=O)c3ccccc3C2=O)CC1. The summed E-state index contributed by atoms with van der Waals surface area (Å²) < 4.78 is 5.28. The Bertz CT molecular complexity index is 820. The molecular weight excluding hydrogens is 402 g/mol. The highest BCUT2D eigenvalue weighted by Crippen LogP contribution is 2.23. The molecule has 2 heterocycles. The first-order valence-corrected chi connectivity index (χ1v) is 10.5. The normalized spacial score (nSPS) is 17.5. The van der Waals surface area contributed by atoms with Crippen molar-refractivity contribution in [2.75, 3.05) is 19.6 Å². The smallest absolute Gasteiger partial charge is 0.407 e. The van der Waals surface area contributed by atoms with Gasteiger partial charge in [-0.05, 0) is 58.7 Å². The minimum absolute atomic E-state index is 0.0740. The maximum absolute atomic E-state index is 12.2. The van der Waals surface area contributed by atoms with E-state index in [4.69, 9.17) is 9.57 Å². The van der Waals surface area contributed by atoms with Gasteiger partial charge in [-0.2, -0.15) is 0 Å². The Balaban J connectivity index is 1.34. The predicted molar refractivity (Wildman–Crippen MR) is 111 cm³/mol. The molecule has 1 fully saturated rings. The van der Waals surface area contributed by atoms with Crippen LogP contribution in [0, 0.1) is 0 Å². The Labute approximate surface area is 181 Å². The molecule has 0 unspecified atom stereocenters. The molecule has 0 bridgehead atoms. The zero-order valence-corrected chi connectivity index (χ0v) is 18.2. The van der Waals surface area contributed by atoms with Crippen molar-refractivity contribution in [1.82, 2.24) is 15.3 Å². The lowest BCUT2D eigenvalue weighted by molar-refractivity contribution is -0.168. The highest BCUT2D eigenvalue weighted by Gasteiger charge is 2.38. The van der Waals surface area contributed by atoms with Gasteiger partial charge in [0.2, 0.25) is 0 Å². The second kappa shape index (κ2) is 9.47. The third-order valence-corrected chi connectivity index (χ3v) is 5.11. The Hall–Kier alpha value is -2.94. The number of hydrogen-bond acceptors (Lipinski definition) is 7. The van der Waals surface area contributed by atoms with Crippen molar-refractivity contribution in [3.05, 3.63) is 35.4 Å². The summed E-state index contributed by atoms with van der Waals surface area (Å²) in [5.41, 5.74) is -0.0433. The van der Waals surface area contributed by atoms with E-state index in [-0.39, 0.29) is 23.6 Å². The molecule has 0 aromatic heterocycles. The van der Waals surface area contributed by atoms with Crippen LogP contribution < -0.4 is 5.32 Å². The quantitative estimate of drug-likeness (QED) is 0.690. The number of nitrogens with zero attached hydrogens (tertiary/aromatic N) is 2. The Morgan fingerprint density at radius 3 is 2.19 bits per heavy atom. The molecule has 0 aliphatic carbocycles. The average Bonchev–Trinajstić information content (AvgIpc) is 2.93. The zero-order valence-electron chi connectivity index (χ0n) is 18.2. The maximum atomic E-state index is 12.2. The van der Waals surface area contributed by atoms with E-state index in [9.17, 15) is 19.2 Å². The fourth-order valence-electron chi connectivity index (χ4n) is 3.62. The molecule has 1 saturated heterocycles. The van der Waals surface area contributed by atoms with Gasteiger partial charge in [0.15, 0.2) is 0 Å². The van der Waals surface area contributed by atoms with E-state index in [0.29, 0.717) is 18.0 Å². The van der Waals surface area contributed by atoms with E-state index in [2.05, 4.69) is 10.2 Å². The van der Waals surface area contributed by atoms with Crippen LogP contribution in [-0.4, -0.2) is 65.1 Å². The summed E-state index contributed by atoms with van der Waals surface area (Å²) in [6.45, 7) is 7.77. The average molecular weight is 431 g/mol. The van der Waals surface area contributed by atoms with Crippen LogP contribution >= 0.6 is 0 Å². The van der Waals surface area contributed by atoms with E-state index in [1.54, 1.807) is 12.1 Å². The second-order valence-electron chi connectivity index (χ2n) is 8.78. The zero-order chi connectivity index (χ0) is 22.6. The van der Waals surface area contributed by atoms with Crippen molar-refractivity contribution in [2.45, 2.75) is 58.1 Å². The van der Waals surface area contributed by atoms with Crippen molar-refractivity contribution in [1.29, 1.82) is 0 Å². The molecule has 0 spiro atoms. The lowest BCUT2D eigenvalue weighted by Gasteiger charge is -2.32. The summed E-state index contributed by atoms with van der Waals surface area (Å²) in [6, 6.07) is 6.45. The number of nitrogens with one attached hydrogen (secondary N) is 1. The molecule has 168 valence electrons. The predicted octanol–water partition coefficient (Wildman–Crippen LogP) is 2.51. The number of carbonyl (C=O) groups excluding carboxylic acids is 4. The molecule has 2 aliphatic rings. The third kappa shape index (κ3) is 6.04. The molecule has 0 atom stereocenters. The molecule has 3 rings (SSSR count). The van der Waals surface area contributed by atoms with Gasteiger partial charge in [0.25, 0.3) is 11.8 Å². The highest BCUT2D eigenvalue weighted by molar-refractivity contribution is 6.20. The fourth-order valence-corrected chi connectivity index (χ4v) is 3.62. The minimum Gasteiger partial charge on any atom is -0.444 e. The molecule has 0 radical (unpaired) electrons. The number of hydroxylamine groups is 2. The second-order valence-corrected chi connectivity index (χ2v) is 8.78. The molecule has 3 amide bonds. The van der Waals surface area contributed by atoms with E-state index >= 15 is 0 Å². The molecule has 1 aromatic carbocycles. The Kier molecular flexibility index (Phi) is 6.94. The first-order chi connectivity index (χ1) is 14.6. The van der Waals surface area contributed by atoms with Gasteiger partial charge in [0, 0.05) is 25.6 Å². The summed E-state index contributed by atoms with van der Waals surface area (Å²) in [7, 11) is 0. The van der Waals surface area contributed by atoms with Crippen LogP contribution in [0.3, 0.4) is 0 Å². The number of imide groups is 1. The van der Waals surface area contributed by atoms with Crippen molar-refractivity contribution in [2.24, 2.45) is 0 Å². The van der Waals surface area contributed by atoms with Crippen molar-refractivity contribution in [3.63, 3.8) is 0 Å². The fraction of sp³-hybridized carbons (Fsp3) is 0.545. The van der Waals surface area contributed by atoms with Crippen molar-refractivity contribution >= 4 is 23.9 Å². The van der Waals surface area contributed by atoms with Crippen LogP contribution in [0.4, 0.5) is 4.79 Å². The van der Waals surface area contributed by atoms with Gasteiger partial charge in [-0.1, -0.05) is 17.2 Å². The van der Waals surface area contributed by atoms with Gasteiger partial charge < -0.3 is 19.8 Å². The van der Waals surface area contributed by atoms with Crippen LogP contribution in [-0.2, 0) is 14.4 Å². The van der Waals surface area contributed by atoms with Gasteiger partial charge in [0.1, 0.15) is 5.60 Å². The molecule has 2 aliphatic heterocycles. The lowest BCUT2D eigenvalue weighted by atomic mass is 10.0. The number of piperidine rings is 1. The highest BCUT2D eigenvalue weighted by atomic mass is 16.7. The molecule has 31 heavy (non-hydrogen) atoms. The Morgan fingerprint density at radius 2 is 1.65 bits per heavy atom. The summed E-state index contributed by atoms with van der Waals surface area (Å²) in [4.78, 5) is 55.7.